The van der Waals surface area contributed by atoms with Crippen LogP contribution in [0.2, 0.25) is 0 Å². The highest BCUT2D eigenvalue weighted by Crippen LogP contribution is 2.15. The number of rotatable bonds is 18. The zero-order valence-electron chi connectivity index (χ0n) is 16.5. The van der Waals surface area contributed by atoms with Crippen molar-refractivity contribution in [2.75, 3.05) is 0 Å². The minimum atomic E-state index is -2.73. The highest BCUT2D eigenvalue weighted by Gasteiger charge is 2.27. The molecule has 0 saturated heterocycles. The molecule has 0 aliphatic heterocycles. The topological polar surface area (TPSA) is 118 Å². The Labute approximate surface area is 155 Å². The fraction of sp³-hybridized carbons (Fsp3) is 1.00. The van der Waals surface area contributed by atoms with Crippen LogP contribution in [0.25, 0.3) is 0 Å². The van der Waals surface area contributed by atoms with Crippen molar-refractivity contribution in [3.05, 3.63) is 0 Å². The van der Waals surface area contributed by atoms with Gasteiger partial charge in [0.15, 0.2) is 0 Å². The van der Waals surface area contributed by atoms with Crippen LogP contribution in [-0.4, -0.2) is 32.8 Å². The van der Waals surface area contributed by atoms with Crippen LogP contribution in [0.1, 0.15) is 116 Å². The van der Waals surface area contributed by atoms with Crippen molar-refractivity contribution in [3.63, 3.8) is 0 Å². The van der Waals surface area contributed by atoms with Gasteiger partial charge in [-0.05, 0) is 6.42 Å². The van der Waals surface area contributed by atoms with Gasteiger partial charge in [-0.15, -0.1) is 0 Å². The number of nitrogens with two attached hydrogens (primary N) is 1. The van der Waals surface area contributed by atoms with Crippen molar-refractivity contribution in [2.24, 2.45) is 5.73 Å². The Kier molecular flexibility index (Phi) is 20.1. The Balaban J connectivity index is 0. The molecule has 0 aromatic carbocycles. The van der Waals surface area contributed by atoms with Crippen LogP contribution in [0.15, 0.2) is 0 Å². The first-order chi connectivity index (χ1) is 11.5. The molecule has 1 atom stereocenters. The molecule has 0 aliphatic carbocycles. The van der Waals surface area contributed by atoms with Gasteiger partial charge in [-0.1, -0.05) is 110 Å². The molecule has 5 heteroatoms. The van der Waals surface area contributed by atoms with Gasteiger partial charge in [0.2, 0.25) is 0 Å². The molecule has 0 amide bonds. The smallest absolute Gasteiger partial charge is 0.291 e. The standard InChI is InChI=1S/C20H43NO3.H2O/c1-2-3-4-5-6-7-8-9-10-11-12-13-14-15-16-17-18-19(21)20(22,23)24;/h19,22-24H,2-18,21H2,1H3;1H2. The van der Waals surface area contributed by atoms with Gasteiger partial charge in [-0.25, -0.2) is 0 Å². The van der Waals surface area contributed by atoms with Gasteiger partial charge in [0.1, 0.15) is 0 Å². The average Bonchev–Trinajstić information content (AvgIpc) is 2.53. The molecule has 0 spiro atoms. The Morgan fingerprint density at radius 3 is 1.16 bits per heavy atom. The lowest BCUT2D eigenvalue weighted by atomic mass is 10.0. The van der Waals surface area contributed by atoms with Crippen molar-refractivity contribution >= 4 is 0 Å². The van der Waals surface area contributed by atoms with Crippen molar-refractivity contribution in [1.29, 1.82) is 0 Å². The SMILES string of the molecule is CCCCCCCCCCCCCCCCCCC(N)C(O)(O)O.O. The minimum absolute atomic E-state index is 0. The first-order valence-electron chi connectivity index (χ1n) is 10.4. The summed E-state index contributed by atoms with van der Waals surface area (Å²) in [5.41, 5.74) is 5.46. The molecule has 154 valence electrons. The van der Waals surface area contributed by atoms with E-state index in [1.54, 1.807) is 0 Å². The van der Waals surface area contributed by atoms with Gasteiger partial charge in [0.05, 0.1) is 6.04 Å². The van der Waals surface area contributed by atoms with Gasteiger partial charge < -0.3 is 26.5 Å². The summed E-state index contributed by atoms with van der Waals surface area (Å²) in [6, 6.07) is -0.968. The van der Waals surface area contributed by atoms with Gasteiger partial charge in [-0.3, -0.25) is 0 Å². The lowest BCUT2D eigenvalue weighted by Crippen LogP contribution is -2.47. The highest BCUT2D eigenvalue weighted by atomic mass is 16.7. The zero-order valence-corrected chi connectivity index (χ0v) is 16.5. The maximum atomic E-state index is 8.90. The average molecular weight is 364 g/mol. The van der Waals surface area contributed by atoms with E-state index in [9.17, 15) is 0 Å². The van der Waals surface area contributed by atoms with E-state index >= 15 is 0 Å². The van der Waals surface area contributed by atoms with Gasteiger partial charge in [0.25, 0.3) is 5.97 Å². The Hall–Kier alpha value is -0.200. The van der Waals surface area contributed by atoms with E-state index in [4.69, 9.17) is 21.1 Å². The third-order valence-corrected chi connectivity index (χ3v) is 4.87. The molecule has 0 heterocycles. The van der Waals surface area contributed by atoms with Crippen LogP contribution in [-0.2, 0) is 0 Å². The van der Waals surface area contributed by atoms with E-state index in [0.717, 1.165) is 12.8 Å². The third-order valence-electron chi connectivity index (χ3n) is 4.87. The van der Waals surface area contributed by atoms with E-state index in [0.29, 0.717) is 6.42 Å². The van der Waals surface area contributed by atoms with Crippen molar-refractivity contribution in [2.45, 2.75) is 128 Å². The molecule has 0 radical (unpaired) electrons. The molecule has 0 bridgehead atoms. The number of hydrogen-bond donors (Lipinski definition) is 4. The second-order valence-corrected chi connectivity index (χ2v) is 7.39. The Morgan fingerprint density at radius 2 is 0.880 bits per heavy atom. The molecule has 0 aromatic heterocycles. The van der Waals surface area contributed by atoms with E-state index < -0.39 is 12.0 Å². The lowest BCUT2D eigenvalue weighted by molar-refractivity contribution is -0.323. The fourth-order valence-corrected chi connectivity index (χ4v) is 3.11. The van der Waals surface area contributed by atoms with Gasteiger partial charge in [0, 0.05) is 0 Å². The highest BCUT2D eigenvalue weighted by molar-refractivity contribution is 4.68. The molecule has 0 rings (SSSR count). The summed E-state index contributed by atoms with van der Waals surface area (Å²) in [5.74, 6) is -2.73. The van der Waals surface area contributed by atoms with Crippen LogP contribution >= 0.6 is 0 Å². The monoisotopic (exact) mass is 363 g/mol. The van der Waals surface area contributed by atoms with Crippen LogP contribution in [0.3, 0.4) is 0 Å². The van der Waals surface area contributed by atoms with Crippen LogP contribution in [0.5, 0.6) is 0 Å². The summed E-state index contributed by atoms with van der Waals surface area (Å²) < 4.78 is 0. The molecule has 1 unspecified atom stereocenters. The van der Waals surface area contributed by atoms with Gasteiger partial charge in [-0.2, -0.15) is 0 Å². The van der Waals surface area contributed by atoms with E-state index in [-0.39, 0.29) is 5.48 Å². The summed E-state index contributed by atoms with van der Waals surface area (Å²) in [6.07, 6.45) is 21.4. The molecule has 7 N–H and O–H groups in total. The predicted molar refractivity (Wildman–Crippen MR) is 105 cm³/mol. The van der Waals surface area contributed by atoms with Crippen molar-refractivity contribution < 1.29 is 20.8 Å². The summed E-state index contributed by atoms with van der Waals surface area (Å²) in [6.45, 7) is 2.27. The van der Waals surface area contributed by atoms with E-state index in [1.165, 1.54) is 89.9 Å². The molecular weight excluding hydrogens is 318 g/mol. The van der Waals surface area contributed by atoms with Crippen LogP contribution < -0.4 is 5.73 Å². The summed E-state index contributed by atoms with van der Waals surface area (Å²) in [4.78, 5) is 0. The van der Waals surface area contributed by atoms with Crippen LogP contribution in [0.4, 0.5) is 0 Å². The van der Waals surface area contributed by atoms with E-state index in [2.05, 4.69) is 6.92 Å². The molecular formula is C20H45NO4. The second-order valence-electron chi connectivity index (χ2n) is 7.39. The Bertz CT molecular complexity index is 257. The second kappa shape index (κ2) is 18.6. The maximum Gasteiger partial charge on any atom is 0.291 e. The van der Waals surface area contributed by atoms with Gasteiger partial charge >= 0.3 is 0 Å². The summed E-state index contributed by atoms with van der Waals surface area (Å²) in [5, 5.41) is 26.7. The number of unbranched alkanes of at least 4 members (excludes halogenated alkanes) is 15. The lowest BCUT2D eigenvalue weighted by Gasteiger charge is -2.21. The molecule has 0 saturated carbocycles. The normalized spacial score (nSPS) is 12.8. The van der Waals surface area contributed by atoms with Crippen LogP contribution in [0, 0.1) is 0 Å². The first kappa shape index (κ1) is 27.0. The molecule has 0 fully saturated rings. The fourth-order valence-electron chi connectivity index (χ4n) is 3.11. The largest absolute Gasteiger partial charge is 0.412 e. The van der Waals surface area contributed by atoms with E-state index in [1.807, 2.05) is 0 Å². The summed E-state index contributed by atoms with van der Waals surface area (Å²) in [7, 11) is 0. The zero-order chi connectivity index (χ0) is 18.1. The Morgan fingerprint density at radius 1 is 0.600 bits per heavy atom. The molecule has 0 aromatic rings. The maximum absolute atomic E-state index is 8.90. The van der Waals surface area contributed by atoms with Crippen molar-refractivity contribution in [1.82, 2.24) is 0 Å². The molecule has 5 nitrogen and oxygen atoms in total. The number of aliphatic hydroxyl groups is 3. The first-order valence-corrected chi connectivity index (χ1v) is 10.4. The molecule has 25 heavy (non-hydrogen) atoms. The van der Waals surface area contributed by atoms with Crippen molar-refractivity contribution in [3.8, 4) is 0 Å². The quantitative estimate of drug-likeness (QED) is 0.219. The predicted octanol–water partition coefficient (Wildman–Crippen LogP) is 3.77. The number of hydrogen-bond acceptors (Lipinski definition) is 4. The third kappa shape index (κ3) is 20.0. The molecule has 0 aliphatic rings. The minimum Gasteiger partial charge on any atom is -0.412 e. The summed E-state index contributed by atoms with van der Waals surface area (Å²) >= 11 is 0.